The first-order valence-corrected chi connectivity index (χ1v) is 7.13. The van der Waals surface area contributed by atoms with Gasteiger partial charge in [0.05, 0.1) is 37.5 Å². The number of morpholine rings is 1. The number of carboxylic acid groups (broad SMARTS) is 1. The second kappa shape index (κ2) is 6.31. The Morgan fingerprint density at radius 1 is 1.68 bits per heavy atom. The van der Waals surface area contributed by atoms with Crippen molar-refractivity contribution in [1.82, 2.24) is 4.98 Å². The molecule has 0 amide bonds. The number of rotatable bonds is 5. The van der Waals surface area contributed by atoms with Crippen LogP contribution in [0.25, 0.3) is 0 Å². The van der Waals surface area contributed by atoms with Gasteiger partial charge in [0.25, 0.3) is 0 Å². The fraction of sp³-hybridized carbons (Fsp3) is 0.667. The minimum atomic E-state index is -0.811. The van der Waals surface area contributed by atoms with Gasteiger partial charge in [-0.05, 0) is 6.92 Å². The number of carboxylic acids is 1. The van der Waals surface area contributed by atoms with E-state index in [-0.39, 0.29) is 25.2 Å². The molecule has 1 aliphatic rings. The van der Waals surface area contributed by atoms with Crippen molar-refractivity contribution in [3.8, 4) is 0 Å². The Bertz CT molecular complexity index is 437. The van der Waals surface area contributed by atoms with Crippen molar-refractivity contribution in [2.24, 2.45) is 0 Å². The van der Waals surface area contributed by atoms with Crippen molar-refractivity contribution < 1.29 is 19.7 Å². The molecule has 0 saturated carbocycles. The maximum Gasteiger partial charge on any atom is 0.303 e. The third kappa shape index (κ3) is 3.65. The molecule has 2 N–H and O–H groups in total. The topological polar surface area (TPSA) is 82.9 Å². The van der Waals surface area contributed by atoms with Crippen molar-refractivity contribution in [2.75, 3.05) is 24.7 Å². The molecule has 2 unspecified atom stereocenters. The lowest BCUT2D eigenvalue weighted by molar-refractivity contribution is -0.136. The highest BCUT2D eigenvalue weighted by atomic mass is 32.1. The van der Waals surface area contributed by atoms with Crippen molar-refractivity contribution >= 4 is 22.4 Å². The lowest BCUT2D eigenvalue weighted by Crippen LogP contribution is -2.49. The molecule has 2 atom stereocenters. The molecule has 0 aliphatic carbocycles. The Morgan fingerprint density at radius 3 is 3.16 bits per heavy atom. The Labute approximate surface area is 115 Å². The average molecular weight is 286 g/mol. The number of anilines is 1. The smallest absolute Gasteiger partial charge is 0.303 e. The highest BCUT2D eigenvalue weighted by Crippen LogP contribution is 2.26. The number of aromatic nitrogens is 1. The van der Waals surface area contributed by atoms with Gasteiger partial charge < -0.3 is 19.8 Å². The number of aryl methyl sites for hydroxylation is 1. The van der Waals surface area contributed by atoms with Gasteiger partial charge in [-0.15, -0.1) is 11.3 Å². The normalized spacial score (nSPS) is 23.6. The van der Waals surface area contributed by atoms with Crippen molar-refractivity contribution in [3.05, 3.63) is 11.1 Å². The molecule has 1 aromatic rings. The van der Waals surface area contributed by atoms with E-state index in [2.05, 4.69) is 9.88 Å². The number of hydrogen-bond donors (Lipinski definition) is 2. The van der Waals surface area contributed by atoms with E-state index in [0.717, 1.165) is 10.8 Å². The van der Waals surface area contributed by atoms with Crippen LogP contribution in [0.1, 0.15) is 19.0 Å². The molecule has 0 bridgehead atoms. The summed E-state index contributed by atoms with van der Waals surface area (Å²) in [6, 6.07) is 0.210. The van der Waals surface area contributed by atoms with Crippen molar-refractivity contribution in [2.45, 2.75) is 31.9 Å². The zero-order valence-electron chi connectivity index (χ0n) is 10.8. The Hall–Kier alpha value is -1.18. The van der Waals surface area contributed by atoms with E-state index < -0.39 is 5.97 Å². The summed E-state index contributed by atoms with van der Waals surface area (Å²) in [6.45, 7) is 3.23. The number of aliphatic carboxylic acids is 1. The van der Waals surface area contributed by atoms with Gasteiger partial charge in [-0.1, -0.05) is 0 Å². The Balaban J connectivity index is 2.01. The summed E-state index contributed by atoms with van der Waals surface area (Å²) in [5.41, 5.74) is 0.807. The van der Waals surface area contributed by atoms with Crippen LogP contribution in [-0.2, 0) is 16.0 Å². The number of ether oxygens (including phenoxy) is 1. The van der Waals surface area contributed by atoms with Gasteiger partial charge in [0.15, 0.2) is 5.13 Å². The number of nitrogens with zero attached hydrogens (tertiary/aromatic N) is 2. The molecule has 1 aromatic heterocycles. The number of carbonyl (C=O) groups is 1. The molecule has 6 nitrogen and oxygen atoms in total. The number of aliphatic hydroxyl groups is 1. The van der Waals surface area contributed by atoms with Gasteiger partial charge in [-0.3, -0.25) is 4.79 Å². The molecule has 1 fully saturated rings. The summed E-state index contributed by atoms with van der Waals surface area (Å²) in [4.78, 5) is 17.1. The summed E-state index contributed by atoms with van der Waals surface area (Å²) in [5, 5.41) is 20.6. The molecule has 0 spiro atoms. The van der Waals surface area contributed by atoms with E-state index in [4.69, 9.17) is 14.9 Å². The molecular weight excluding hydrogens is 268 g/mol. The highest BCUT2D eigenvalue weighted by Gasteiger charge is 2.27. The van der Waals surface area contributed by atoms with Gasteiger partial charge in [-0.25, -0.2) is 4.98 Å². The van der Waals surface area contributed by atoms with E-state index in [1.807, 2.05) is 12.3 Å². The maximum atomic E-state index is 10.5. The quantitative estimate of drug-likeness (QED) is 0.831. The first kappa shape index (κ1) is 14.2. The van der Waals surface area contributed by atoms with Gasteiger partial charge in [0, 0.05) is 18.3 Å². The Morgan fingerprint density at radius 2 is 2.47 bits per heavy atom. The van der Waals surface area contributed by atoms with E-state index in [9.17, 15) is 4.79 Å². The zero-order chi connectivity index (χ0) is 13.8. The molecule has 2 rings (SSSR count). The van der Waals surface area contributed by atoms with Gasteiger partial charge in [-0.2, -0.15) is 0 Å². The summed E-state index contributed by atoms with van der Waals surface area (Å²) < 4.78 is 5.48. The van der Waals surface area contributed by atoms with Crippen LogP contribution in [0.15, 0.2) is 5.38 Å². The second-order valence-electron chi connectivity index (χ2n) is 4.65. The second-order valence-corrected chi connectivity index (χ2v) is 5.49. The number of hydrogen-bond acceptors (Lipinski definition) is 6. The van der Waals surface area contributed by atoms with Crippen molar-refractivity contribution in [1.29, 1.82) is 0 Å². The SMILES string of the molecule is CC1COC(CO)CN1c1nc(CCC(=O)O)cs1. The molecule has 0 aromatic carbocycles. The minimum absolute atomic E-state index is 0.000463. The minimum Gasteiger partial charge on any atom is -0.481 e. The fourth-order valence-corrected chi connectivity index (χ4v) is 2.94. The van der Waals surface area contributed by atoms with Crippen LogP contribution in [0.3, 0.4) is 0 Å². The maximum absolute atomic E-state index is 10.5. The zero-order valence-corrected chi connectivity index (χ0v) is 11.6. The van der Waals surface area contributed by atoms with E-state index in [0.29, 0.717) is 19.6 Å². The fourth-order valence-electron chi connectivity index (χ4n) is 1.97. The average Bonchev–Trinajstić information content (AvgIpc) is 2.85. The summed E-state index contributed by atoms with van der Waals surface area (Å²) in [7, 11) is 0. The van der Waals surface area contributed by atoms with Gasteiger partial charge in [0.2, 0.25) is 0 Å². The molecular formula is C12H18N2O4S. The molecule has 7 heteroatoms. The van der Waals surface area contributed by atoms with Crippen LogP contribution in [0.2, 0.25) is 0 Å². The molecule has 2 heterocycles. The van der Waals surface area contributed by atoms with Crippen LogP contribution in [0, 0.1) is 0 Å². The molecule has 1 saturated heterocycles. The first-order chi connectivity index (χ1) is 9.10. The predicted octanol–water partition coefficient (Wildman–Crippen LogP) is 0.746. The molecule has 1 aliphatic heterocycles. The third-order valence-corrected chi connectivity index (χ3v) is 4.02. The largest absolute Gasteiger partial charge is 0.481 e. The van der Waals surface area contributed by atoms with Crippen molar-refractivity contribution in [3.63, 3.8) is 0 Å². The van der Waals surface area contributed by atoms with E-state index in [1.54, 1.807) is 0 Å². The number of aliphatic hydroxyl groups excluding tert-OH is 1. The van der Waals surface area contributed by atoms with Crippen LogP contribution in [-0.4, -0.2) is 53.1 Å². The van der Waals surface area contributed by atoms with Crippen LogP contribution in [0.4, 0.5) is 5.13 Å². The summed E-state index contributed by atoms with van der Waals surface area (Å²) in [5.74, 6) is -0.811. The standard InChI is InChI=1S/C12H18N2O4S/c1-8-6-18-10(5-15)4-14(8)12-13-9(7-19-12)2-3-11(16)17/h7-8,10,15H,2-6H2,1H3,(H,16,17). The van der Waals surface area contributed by atoms with Crippen LogP contribution >= 0.6 is 11.3 Å². The van der Waals surface area contributed by atoms with E-state index >= 15 is 0 Å². The van der Waals surface area contributed by atoms with Crippen LogP contribution in [0.5, 0.6) is 0 Å². The summed E-state index contributed by atoms with van der Waals surface area (Å²) >= 11 is 1.51. The monoisotopic (exact) mass is 286 g/mol. The predicted molar refractivity (Wildman–Crippen MR) is 71.7 cm³/mol. The molecule has 0 radical (unpaired) electrons. The highest BCUT2D eigenvalue weighted by molar-refractivity contribution is 7.13. The third-order valence-electron chi connectivity index (χ3n) is 3.09. The van der Waals surface area contributed by atoms with E-state index in [1.165, 1.54) is 11.3 Å². The molecule has 106 valence electrons. The molecule has 19 heavy (non-hydrogen) atoms. The Kier molecular flexibility index (Phi) is 4.73. The summed E-state index contributed by atoms with van der Waals surface area (Å²) in [6.07, 6.45) is 0.373. The van der Waals surface area contributed by atoms with Crippen LogP contribution < -0.4 is 4.90 Å². The van der Waals surface area contributed by atoms with Gasteiger partial charge >= 0.3 is 5.97 Å². The number of thiazole rings is 1. The lowest BCUT2D eigenvalue weighted by atomic mass is 10.2. The first-order valence-electron chi connectivity index (χ1n) is 6.25. The van der Waals surface area contributed by atoms with Gasteiger partial charge in [0.1, 0.15) is 0 Å². The lowest BCUT2D eigenvalue weighted by Gasteiger charge is -2.37.